The molecule has 238 valence electrons. The molecule has 1 heterocycles. The van der Waals surface area contributed by atoms with Crippen molar-refractivity contribution in [3.05, 3.63) is 155 Å². The monoisotopic (exact) mass is 625 g/mol. The molecule has 1 aliphatic heterocycles. The van der Waals surface area contributed by atoms with Gasteiger partial charge >= 0.3 is 5.97 Å². The van der Waals surface area contributed by atoms with E-state index < -0.39 is 5.41 Å². The Morgan fingerprint density at radius 2 is 1.23 bits per heavy atom. The molecule has 1 atom stereocenters. The molecule has 47 heavy (non-hydrogen) atoms. The minimum absolute atomic E-state index is 0.227. The van der Waals surface area contributed by atoms with Gasteiger partial charge in [-0.25, -0.2) is 0 Å². The van der Waals surface area contributed by atoms with E-state index in [1.807, 2.05) is 66.7 Å². The van der Waals surface area contributed by atoms with Gasteiger partial charge in [-0.1, -0.05) is 72.8 Å². The minimum Gasteiger partial charge on any atom is -0.494 e. The van der Waals surface area contributed by atoms with Crippen LogP contribution < -0.4 is 14.2 Å². The molecule has 5 aromatic rings. The number of benzene rings is 5. The number of carbonyl (C=O) groups is 1. The summed E-state index contributed by atoms with van der Waals surface area (Å²) in [6, 6.07) is 43.0. The highest BCUT2D eigenvalue weighted by Gasteiger charge is 2.40. The number of ether oxygens (including phenoxy) is 4. The molecule has 0 aliphatic carbocycles. The zero-order valence-corrected chi connectivity index (χ0v) is 26.9. The van der Waals surface area contributed by atoms with Crippen molar-refractivity contribution in [2.75, 3.05) is 13.7 Å². The molecule has 0 spiro atoms. The Labute approximate surface area is 276 Å². The number of methoxy groups -OCH3 is 1. The average Bonchev–Trinajstić information content (AvgIpc) is 3.40. The highest BCUT2D eigenvalue weighted by Crippen LogP contribution is 2.46. The number of aliphatic imine (C=N–C) groups is 1. The molecule has 0 radical (unpaired) electrons. The van der Waals surface area contributed by atoms with Crippen molar-refractivity contribution in [3.8, 4) is 17.2 Å². The Kier molecular flexibility index (Phi) is 9.97. The van der Waals surface area contributed by atoms with Crippen molar-refractivity contribution in [2.45, 2.75) is 44.8 Å². The summed E-state index contributed by atoms with van der Waals surface area (Å²) >= 11 is 0. The molecule has 6 heteroatoms. The van der Waals surface area contributed by atoms with E-state index in [1.54, 1.807) is 0 Å². The number of hydrogen-bond acceptors (Lipinski definition) is 6. The first-order valence-corrected chi connectivity index (χ1v) is 16.0. The summed E-state index contributed by atoms with van der Waals surface area (Å²) in [6.07, 6.45) is 1.68. The van der Waals surface area contributed by atoms with Crippen molar-refractivity contribution in [2.24, 2.45) is 4.99 Å². The fourth-order valence-electron chi connectivity index (χ4n) is 5.89. The lowest BCUT2D eigenvalue weighted by molar-refractivity contribution is -0.140. The maximum absolute atomic E-state index is 11.4. The highest BCUT2D eigenvalue weighted by atomic mass is 16.5. The van der Waals surface area contributed by atoms with E-state index in [0.29, 0.717) is 32.7 Å². The third kappa shape index (κ3) is 7.90. The predicted molar refractivity (Wildman–Crippen MR) is 185 cm³/mol. The van der Waals surface area contributed by atoms with E-state index in [4.69, 9.17) is 23.9 Å². The van der Waals surface area contributed by atoms with Crippen LogP contribution in [0.1, 0.15) is 47.6 Å². The van der Waals surface area contributed by atoms with E-state index in [2.05, 4.69) is 67.6 Å². The van der Waals surface area contributed by atoms with Gasteiger partial charge in [0.15, 0.2) is 0 Å². The average molecular weight is 626 g/mol. The first-order chi connectivity index (χ1) is 23.0. The molecule has 1 aliphatic rings. The van der Waals surface area contributed by atoms with Crippen molar-refractivity contribution in [3.63, 3.8) is 0 Å². The molecule has 1 unspecified atom stereocenters. The van der Waals surface area contributed by atoms with E-state index in [9.17, 15) is 4.79 Å². The lowest BCUT2D eigenvalue weighted by Gasteiger charge is -2.29. The number of hydrogen-bond donors (Lipinski definition) is 0. The second-order valence-electron chi connectivity index (χ2n) is 11.9. The van der Waals surface area contributed by atoms with E-state index >= 15 is 0 Å². The summed E-state index contributed by atoms with van der Waals surface area (Å²) in [5, 5.41) is 0. The first-order valence-electron chi connectivity index (χ1n) is 16.0. The van der Waals surface area contributed by atoms with Gasteiger partial charge in [0, 0.05) is 11.8 Å². The maximum atomic E-state index is 11.4. The Morgan fingerprint density at radius 3 is 1.87 bits per heavy atom. The van der Waals surface area contributed by atoms with Crippen LogP contribution in [-0.2, 0) is 34.6 Å². The number of rotatable bonds is 14. The van der Waals surface area contributed by atoms with Crippen LogP contribution in [-0.4, -0.2) is 25.4 Å². The molecule has 5 aromatic carbocycles. The molecule has 0 saturated carbocycles. The van der Waals surface area contributed by atoms with Gasteiger partial charge in [-0.15, -0.1) is 0 Å². The van der Waals surface area contributed by atoms with Gasteiger partial charge < -0.3 is 18.9 Å². The number of esters is 1. The maximum Gasteiger partial charge on any atom is 0.305 e. The normalized spacial score (nSPS) is 15.0. The van der Waals surface area contributed by atoms with Gasteiger partial charge in [0.2, 0.25) is 0 Å². The van der Waals surface area contributed by atoms with Gasteiger partial charge in [-0.3, -0.25) is 9.79 Å². The van der Waals surface area contributed by atoms with Crippen molar-refractivity contribution >= 4 is 17.4 Å². The second kappa shape index (κ2) is 14.8. The Hall–Kier alpha value is -5.36. The van der Waals surface area contributed by atoms with Crippen LogP contribution >= 0.6 is 0 Å². The lowest BCUT2D eigenvalue weighted by Crippen LogP contribution is -2.33. The van der Waals surface area contributed by atoms with Crippen LogP contribution in [0.3, 0.4) is 0 Å². The molecule has 0 aromatic heterocycles. The summed E-state index contributed by atoms with van der Waals surface area (Å²) in [5.41, 5.74) is 7.12. The van der Waals surface area contributed by atoms with Crippen molar-refractivity contribution in [1.29, 1.82) is 0 Å². The molecular formula is C41H39NO5. The molecule has 6 nitrogen and oxygen atoms in total. The minimum atomic E-state index is -0.420. The molecule has 0 bridgehead atoms. The summed E-state index contributed by atoms with van der Waals surface area (Å²) in [6.45, 7) is 3.72. The summed E-state index contributed by atoms with van der Waals surface area (Å²) < 4.78 is 22.9. The van der Waals surface area contributed by atoms with Crippen LogP contribution in [0.4, 0.5) is 5.69 Å². The third-order valence-corrected chi connectivity index (χ3v) is 8.44. The zero-order valence-electron chi connectivity index (χ0n) is 26.9. The molecule has 6 rings (SSSR count). The summed E-state index contributed by atoms with van der Waals surface area (Å²) in [4.78, 5) is 16.6. The van der Waals surface area contributed by atoms with Crippen LogP contribution in [0.25, 0.3) is 0 Å². The van der Waals surface area contributed by atoms with E-state index in [1.165, 1.54) is 7.11 Å². The van der Waals surface area contributed by atoms with Crippen LogP contribution in [0.5, 0.6) is 17.2 Å². The smallest absolute Gasteiger partial charge is 0.305 e. The lowest BCUT2D eigenvalue weighted by atomic mass is 9.73. The zero-order chi connectivity index (χ0) is 32.5. The first kappa shape index (κ1) is 31.6. The van der Waals surface area contributed by atoms with Gasteiger partial charge in [0.05, 0.1) is 25.1 Å². The standard InChI is InChI=1S/C41H39NO5/c1-41(27-30-15-19-34(20-16-30)45-25-9-14-39(43)44-2)37-26-36(47-29-32-12-7-4-8-13-32)23-24-38(37)42-40(41)33-17-21-35(22-18-33)46-28-31-10-5-3-6-11-31/h3-8,10-13,15-24,26H,9,14,25,27-29H2,1-2H3. The molecule has 0 N–H and O–H groups in total. The summed E-state index contributed by atoms with van der Waals surface area (Å²) in [7, 11) is 1.40. The van der Waals surface area contributed by atoms with Gasteiger partial charge in [0.25, 0.3) is 0 Å². The number of fused-ring (bicyclic) bond motifs is 1. The largest absolute Gasteiger partial charge is 0.494 e. The second-order valence-corrected chi connectivity index (χ2v) is 11.9. The van der Waals surface area contributed by atoms with Crippen LogP contribution in [0.2, 0.25) is 0 Å². The fraction of sp³-hybridized carbons (Fsp3) is 0.220. The van der Waals surface area contributed by atoms with E-state index in [0.717, 1.165) is 62.9 Å². The third-order valence-electron chi connectivity index (χ3n) is 8.44. The highest BCUT2D eigenvalue weighted by molar-refractivity contribution is 6.12. The van der Waals surface area contributed by atoms with Gasteiger partial charge in [-0.2, -0.15) is 0 Å². The number of nitrogens with zero attached hydrogens (tertiary/aromatic N) is 1. The topological polar surface area (TPSA) is 66.4 Å². The predicted octanol–water partition coefficient (Wildman–Crippen LogP) is 8.81. The van der Waals surface area contributed by atoms with Crippen LogP contribution in [0, 0.1) is 0 Å². The Bertz CT molecular complexity index is 1800. The SMILES string of the molecule is COC(=O)CCCOc1ccc(CC2(C)C(c3ccc(OCc4ccccc4)cc3)=Nc3ccc(OCc4ccccc4)cc32)cc1. The molecule has 0 amide bonds. The van der Waals surface area contributed by atoms with Crippen molar-refractivity contribution in [1.82, 2.24) is 0 Å². The Morgan fingerprint density at radius 1 is 0.660 bits per heavy atom. The van der Waals surface area contributed by atoms with Gasteiger partial charge in [0.1, 0.15) is 30.5 Å². The Balaban J connectivity index is 1.22. The van der Waals surface area contributed by atoms with E-state index in [-0.39, 0.29) is 5.97 Å². The van der Waals surface area contributed by atoms with Crippen LogP contribution in [0.15, 0.2) is 132 Å². The molecule has 0 fully saturated rings. The molecule has 0 saturated heterocycles. The molecular weight excluding hydrogens is 586 g/mol. The van der Waals surface area contributed by atoms with Gasteiger partial charge in [-0.05, 0) is 102 Å². The fourth-order valence-corrected chi connectivity index (χ4v) is 5.89. The van der Waals surface area contributed by atoms with Crippen molar-refractivity contribution < 1.29 is 23.7 Å². The number of carbonyl (C=O) groups excluding carboxylic acids is 1. The summed E-state index contributed by atoms with van der Waals surface area (Å²) in [5.74, 6) is 2.17. The quantitative estimate of drug-likeness (QED) is 0.0912.